The summed E-state index contributed by atoms with van der Waals surface area (Å²) in [5, 5.41) is 16.4. The molecule has 2 saturated carbocycles. The molecule has 4 fully saturated rings. The summed E-state index contributed by atoms with van der Waals surface area (Å²) in [4.78, 5) is 51.5. The first-order chi connectivity index (χ1) is 17.5. The first kappa shape index (κ1) is 28.0. The lowest BCUT2D eigenvalue weighted by Gasteiger charge is -2.38. The minimum atomic E-state index is -5.29. The van der Waals surface area contributed by atoms with Crippen LogP contribution >= 0.6 is 0 Å². The number of nitrogens with zero attached hydrogens (tertiary/aromatic N) is 2. The van der Waals surface area contributed by atoms with Crippen LogP contribution in [0.1, 0.15) is 46.0 Å². The fourth-order valence-corrected chi connectivity index (χ4v) is 6.32. The van der Waals surface area contributed by atoms with Crippen LogP contribution < -0.4 is 16.0 Å². The van der Waals surface area contributed by atoms with Gasteiger partial charge in [0.1, 0.15) is 18.1 Å². The van der Waals surface area contributed by atoms with Gasteiger partial charge in [-0.2, -0.15) is 18.4 Å². The number of carbonyl (C=O) groups excluding carboxylic acids is 4. The number of hydrogen-bond donors (Lipinski definition) is 3. The van der Waals surface area contributed by atoms with Crippen LogP contribution in [0.25, 0.3) is 0 Å². The van der Waals surface area contributed by atoms with Crippen molar-refractivity contribution in [2.45, 2.75) is 76.2 Å². The molecule has 3 N–H and O–H groups in total. The van der Waals surface area contributed by atoms with Crippen LogP contribution in [0.4, 0.5) is 22.0 Å². The monoisotopic (exact) mass is 547 g/mol. The summed E-state index contributed by atoms with van der Waals surface area (Å²) in [5.41, 5.74) is -0.354. The lowest BCUT2D eigenvalue weighted by atomic mass is 9.77. The molecule has 0 aromatic rings. The van der Waals surface area contributed by atoms with Crippen LogP contribution in [0, 0.1) is 40.4 Å². The van der Waals surface area contributed by atoms with E-state index in [9.17, 15) is 46.4 Å². The standard InChI is InChI=1S/C24H30F5N5O4/c1-22(2)14-10-34(17(16(14)22)19(36)32-13(9-30)6-12-3-4-31-18(12)35)20(37)15(33-21(38)24(27,28)29)5-11-7-23(25,26)8-11/h11-17H,3-8,10H2,1-2H3,(H,31,35)(H,32,36)(H,33,38)/t12-,13-,14-,15-,16-,17-/m0/s1. The Bertz CT molecular complexity index is 1050. The highest BCUT2D eigenvalue weighted by Crippen LogP contribution is 2.65. The zero-order valence-electron chi connectivity index (χ0n) is 20.9. The number of hydrogen-bond acceptors (Lipinski definition) is 5. The molecule has 4 amide bonds. The molecule has 14 heteroatoms. The second-order valence-electron chi connectivity index (χ2n) is 11.5. The van der Waals surface area contributed by atoms with E-state index >= 15 is 0 Å². The van der Waals surface area contributed by atoms with E-state index in [0.29, 0.717) is 13.0 Å². The molecule has 2 aliphatic carbocycles. The third kappa shape index (κ3) is 5.42. The van der Waals surface area contributed by atoms with Crippen LogP contribution in [-0.2, 0) is 19.2 Å². The summed E-state index contributed by atoms with van der Waals surface area (Å²) in [6.45, 7) is 4.26. The normalized spacial score (nSPS) is 30.8. The summed E-state index contributed by atoms with van der Waals surface area (Å²) in [6.07, 6.45) is -6.37. The highest BCUT2D eigenvalue weighted by atomic mass is 19.4. The second kappa shape index (κ2) is 9.64. The Labute approximate surface area is 215 Å². The predicted molar refractivity (Wildman–Crippen MR) is 120 cm³/mol. The van der Waals surface area contributed by atoms with E-state index < -0.39 is 79.0 Å². The third-order valence-electron chi connectivity index (χ3n) is 8.52. The largest absolute Gasteiger partial charge is 0.471 e. The number of alkyl halides is 5. The van der Waals surface area contributed by atoms with Crippen LogP contribution in [0.2, 0.25) is 0 Å². The molecule has 6 atom stereocenters. The molecule has 0 unspecified atom stereocenters. The number of rotatable bonds is 8. The molecule has 2 saturated heterocycles. The Morgan fingerprint density at radius 3 is 2.37 bits per heavy atom. The molecule has 2 heterocycles. The van der Waals surface area contributed by atoms with Crippen molar-refractivity contribution in [3.63, 3.8) is 0 Å². The van der Waals surface area contributed by atoms with Crippen LogP contribution in [0.5, 0.6) is 0 Å². The van der Waals surface area contributed by atoms with Gasteiger partial charge in [-0.05, 0) is 42.4 Å². The Morgan fingerprint density at radius 2 is 1.84 bits per heavy atom. The van der Waals surface area contributed by atoms with Crippen molar-refractivity contribution in [3.8, 4) is 6.07 Å². The highest BCUT2D eigenvalue weighted by molar-refractivity contribution is 5.94. The quantitative estimate of drug-likeness (QED) is 0.397. The van der Waals surface area contributed by atoms with Gasteiger partial charge in [0.05, 0.1) is 6.07 Å². The Hall–Kier alpha value is -2.98. The number of amides is 4. The fraction of sp³-hybridized carbons (Fsp3) is 0.792. The molecule has 38 heavy (non-hydrogen) atoms. The predicted octanol–water partition coefficient (Wildman–Crippen LogP) is 1.49. The van der Waals surface area contributed by atoms with E-state index in [1.807, 2.05) is 19.9 Å². The Balaban J connectivity index is 1.51. The van der Waals surface area contributed by atoms with E-state index in [1.54, 1.807) is 5.32 Å². The summed E-state index contributed by atoms with van der Waals surface area (Å²) in [5.74, 6) is -8.93. The average molecular weight is 548 g/mol. The van der Waals surface area contributed by atoms with Gasteiger partial charge in [0.25, 0.3) is 0 Å². The van der Waals surface area contributed by atoms with Gasteiger partial charge in [0.2, 0.25) is 23.6 Å². The molecule has 0 aromatic heterocycles. The van der Waals surface area contributed by atoms with Gasteiger partial charge in [0.15, 0.2) is 0 Å². The minimum absolute atomic E-state index is 0.0378. The molecule has 210 valence electrons. The van der Waals surface area contributed by atoms with Crippen molar-refractivity contribution >= 4 is 23.6 Å². The Kier molecular flexibility index (Phi) is 7.12. The van der Waals surface area contributed by atoms with Gasteiger partial charge in [-0.1, -0.05) is 13.8 Å². The molecule has 4 aliphatic rings. The van der Waals surface area contributed by atoms with Gasteiger partial charge >= 0.3 is 12.1 Å². The topological polar surface area (TPSA) is 131 Å². The molecule has 2 aliphatic heterocycles. The zero-order valence-corrected chi connectivity index (χ0v) is 20.9. The maximum absolute atomic E-state index is 13.5. The lowest BCUT2D eigenvalue weighted by molar-refractivity contribution is -0.176. The highest BCUT2D eigenvalue weighted by Gasteiger charge is 2.69. The van der Waals surface area contributed by atoms with Crippen LogP contribution in [-0.4, -0.2) is 71.8 Å². The number of nitrogens with one attached hydrogen (secondary N) is 3. The molecule has 0 bridgehead atoms. The van der Waals surface area contributed by atoms with E-state index in [0.717, 1.165) is 4.90 Å². The van der Waals surface area contributed by atoms with Crippen LogP contribution in [0.3, 0.4) is 0 Å². The average Bonchev–Trinajstić information content (AvgIpc) is 3.15. The number of fused-ring (bicyclic) bond motifs is 1. The van der Waals surface area contributed by atoms with Gasteiger partial charge < -0.3 is 20.9 Å². The first-order valence-electron chi connectivity index (χ1n) is 12.6. The van der Waals surface area contributed by atoms with Gasteiger partial charge in [0, 0.05) is 31.8 Å². The first-order valence-corrected chi connectivity index (χ1v) is 12.6. The molecular formula is C24H30F5N5O4. The van der Waals surface area contributed by atoms with E-state index in [2.05, 4.69) is 10.6 Å². The minimum Gasteiger partial charge on any atom is -0.356 e. The maximum Gasteiger partial charge on any atom is 0.471 e. The fourth-order valence-electron chi connectivity index (χ4n) is 6.32. The smallest absolute Gasteiger partial charge is 0.356 e. The van der Waals surface area contributed by atoms with E-state index in [1.165, 1.54) is 0 Å². The van der Waals surface area contributed by atoms with Crippen molar-refractivity contribution in [1.82, 2.24) is 20.9 Å². The number of nitriles is 1. The van der Waals surface area contributed by atoms with Crippen molar-refractivity contribution in [3.05, 3.63) is 0 Å². The van der Waals surface area contributed by atoms with Crippen molar-refractivity contribution in [2.24, 2.45) is 29.1 Å². The van der Waals surface area contributed by atoms with E-state index in [4.69, 9.17) is 0 Å². The summed E-state index contributed by atoms with van der Waals surface area (Å²) in [6, 6.07) is -1.95. The maximum atomic E-state index is 13.5. The molecule has 0 spiro atoms. The summed E-state index contributed by atoms with van der Waals surface area (Å²) in [7, 11) is 0. The van der Waals surface area contributed by atoms with E-state index in [-0.39, 0.29) is 36.1 Å². The molecule has 0 radical (unpaired) electrons. The molecule has 9 nitrogen and oxygen atoms in total. The summed E-state index contributed by atoms with van der Waals surface area (Å²) < 4.78 is 65.7. The third-order valence-corrected chi connectivity index (χ3v) is 8.52. The number of piperidine rings is 1. The van der Waals surface area contributed by atoms with Crippen molar-refractivity contribution < 1.29 is 41.1 Å². The second-order valence-corrected chi connectivity index (χ2v) is 11.5. The van der Waals surface area contributed by atoms with Crippen LogP contribution in [0.15, 0.2) is 0 Å². The lowest BCUT2D eigenvalue weighted by Crippen LogP contribution is -2.58. The summed E-state index contributed by atoms with van der Waals surface area (Å²) >= 11 is 0. The zero-order chi connectivity index (χ0) is 28.2. The van der Waals surface area contributed by atoms with Gasteiger partial charge in [-0.15, -0.1) is 0 Å². The Morgan fingerprint density at radius 1 is 1.18 bits per heavy atom. The SMILES string of the molecule is CC1(C)[C@@H]2[C@@H](C(=O)N[C@H](C#N)C[C@@H]3CCNC3=O)N(C(=O)[C@H](CC3CC(F)(F)C3)NC(=O)C(F)(F)F)C[C@@H]21. The molecule has 0 aromatic carbocycles. The number of halogens is 5. The van der Waals surface area contributed by atoms with Gasteiger partial charge in [-0.25, -0.2) is 8.78 Å². The van der Waals surface area contributed by atoms with Crippen molar-refractivity contribution in [2.75, 3.05) is 13.1 Å². The number of carbonyl (C=O) groups is 4. The van der Waals surface area contributed by atoms with Gasteiger partial charge in [-0.3, -0.25) is 19.2 Å². The van der Waals surface area contributed by atoms with Crippen molar-refractivity contribution in [1.29, 1.82) is 5.26 Å². The molecule has 4 rings (SSSR count). The molecular weight excluding hydrogens is 517 g/mol. The number of likely N-dealkylation sites (tertiary alicyclic amines) is 1.